The van der Waals surface area contributed by atoms with Gasteiger partial charge < -0.3 is 15.5 Å². The third kappa shape index (κ3) is 4.70. The minimum atomic E-state index is -0.102. The van der Waals surface area contributed by atoms with Crippen LogP contribution in [0.3, 0.4) is 0 Å². The first kappa shape index (κ1) is 15.8. The molecule has 1 fully saturated rings. The van der Waals surface area contributed by atoms with Crippen molar-refractivity contribution in [2.75, 3.05) is 32.0 Å². The van der Waals surface area contributed by atoms with E-state index >= 15 is 0 Å². The van der Waals surface area contributed by atoms with Crippen LogP contribution in [0, 0.1) is 0 Å². The van der Waals surface area contributed by atoms with Crippen LogP contribution in [0.4, 0.5) is 5.69 Å². The van der Waals surface area contributed by atoms with Gasteiger partial charge in [-0.15, -0.1) is 0 Å². The number of nitrogens with one attached hydrogen (secondary N) is 2. The second-order valence-corrected chi connectivity index (χ2v) is 5.63. The second-order valence-electron chi connectivity index (χ2n) is 5.63. The lowest BCUT2D eigenvalue weighted by Crippen LogP contribution is -2.37. The molecule has 0 atom stereocenters. The maximum absolute atomic E-state index is 12.1. The summed E-state index contributed by atoms with van der Waals surface area (Å²) >= 11 is 0. The molecule has 1 saturated carbocycles. The number of nitrogens with zero attached hydrogens (tertiary/aromatic N) is 2. The first-order valence-corrected chi connectivity index (χ1v) is 7.89. The van der Waals surface area contributed by atoms with Crippen LogP contribution in [0.1, 0.15) is 43.1 Å². The van der Waals surface area contributed by atoms with Gasteiger partial charge >= 0.3 is 0 Å². The predicted octanol–water partition coefficient (Wildman–Crippen LogP) is 2.12. The molecule has 0 radical (unpaired) electrons. The molecule has 1 aliphatic rings. The van der Waals surface area contributed by atoms with E-state index in [-0.39, 0.29) is 5.91 Å². The van der Waals surface area contributed by atoms with Crippen LogP contribution in [0.25, 0.3) is 0 Å². The predicted molar refractivity (Wildman–Crippen MR) is 85.6 cm³/mol. The van der Waals surface area contributed by atoms with Crippen LogP contribution < -0.4 is 10.6 Å². The average Bonchev–Trinajstić information content (AvgIpc) is 3.02. The van der Waals surface area contributed by atoms with Gasteiger partial charge in [0.2, 0.25) is 0 Å². The zero-order valence-electron chi connectivity index (χ0n) is 13.1. The minimum Gasteiger partial charge on any atom is -0.385 e. The van der Waals surface area contributed by atoms with Crippen LogP contribution in [-0.4, -0.2) is 48.5 Å². The number of amides is 1. The highest BCUT2D eigenvalue weighted by molar-refractivity contribution is 5.93. The molecule has 5 nitrogen and oxygen atoms in total. The Labute approximate surface area is 127 Å². The van der Waals surface area contributed by atoms with Crippen LogP contribution in [0.2, 0.25) is 0 Å². The number of carbonyl (C=O) groups excluding carboxylic acids is 1. The lowest BCUT2D eigenvalue weighted by Gasteiger charge is -2.23. The van der Waals surface area contributed by atoms with E-state index < -0.39 is 0 Å². The third-order valence-electron chi connectivity index (χ3n) is 4.07. The van der Waals surface area contributed by atoms with Crippen LogP contribution in [0.15, 0.2) is 18.3 Å². The highest BCUT2D eigenvalue weighted by Crippen LogP contribution is 2.21. The van der Waals surface area contributed by atoms with E-state index in [1.807, 2.05) is 13.0 Å². The van der Waals surface area contributed by atoms with Crippen molar-refractivity contribution in [3.05, 3.63) is 24.0 Å². The van der Waals surface area contributed by atoms with E-state index in [9.17, 15) is 4.79 Å². The second kappa shape index (κ2) is 7.98. The highest BCUT2D eigenvalue weighted by atomic mass is 16.1. The van der Waals surface area contributed by atoms with Gasteiger partial charge in [0.1, 0.15) is 5.69 Å². The molecule has 1 amide bonds. The van der Waals surface area contributed by atoms with Crippen molar-refractivity contribution in [2.45, 2.75) is 38.6 Å². The monoisotopic (exact) mass is 290 g/mol. The summed E-state index contributed by atoms with van der Waals surface area (Å²) in [6, 6.07) is 4.35. The Morgan fingerprint density at radius 1 is 1.43 bits per heavy atom. The van der Waals surface area contributed by atoms with E-state index in [1.165, 1.54) is 25.7 Å². The number of hydrogen-bond acceptors (Lipinski definition) is 4. The molecule has 0 spiro atoms. The Bertz CT molecular complexity index is 457. The smallest absolute Gasteiger partial charge is 0.269 e. The van der Waals surface area contributed by atoms with E-state index in [4.69, 9.17) is 0 Å². The van der Waals surface area contributed by atoms with Crippen molar-refractivity contribution >= 4 is 11.6 Å². The maximum Gasteiger partial charge on any atom is 0.269 e. The van der Waals surface area contributed by atoms with Crippen molar-refractivity contribution < 1.29 is 4.79 Å². The van der Waals surface area contributed by atoms with Gasteiger partial charge in [-0.3, -0.25) is 9.78 Å². The molecule has 1 aromatic heterocycles. The van der Waals surface area contributed by atoms with Crippen molar-refractivity contribution in [3.8, 4) is 0 Å². The van der Waals surface area contributed by atoms with Crippen molar-refractivity contribution in [1.82, 2.24) is 15.2 Å². The van der Waals surface area contributed by atoms with Gasteiger partial charge in [-0.1, -0.05) is 12.8 Å². The number of carbonyl (C=O) groups is 1. The fourth-order valence-corrected chi connectivity index (χ4v) is 2.83. The Balaban J connectivity index is 1.77. The lowest BCUT2D eigenvalue weighted by molar-refractivity contribution is 0.0942. The van der Waals surface area contributed by atoms with Gasteiger partial charge in [-0.2, -0.15) is 0 Å². The van der Waals surface area contributed by atoms with E-state index in [0.29, 0.717) is 18.3 Å². The molecule has 0 bridgehead atoms. The number of rotatable bonds is 7. The van der Waals surface area contributed by atoms with Crippen LogP contribution in [-0.2, 0) is 0 Å². The van der Waals surface area contributed by atoms with Gasteiger partial charge in [0.25, 0.3) is 5.91 Å². The van der Waals surface area contributed by atoms with Crippen molar-refractivity contribution in [3.63, 3.8) is 0 Å². The van der Waals surface area contributed by atoms with E-state index in [0.717, 1.165) is 18.8 Å². The Kier molecular flexibility index (Phi) is 5.99. The summed E-state index contributed by atoms with van der Waals surface area (Å²) in [5.74, 6) is -0.102. The van der Waals surface area contributed by atoms with Crippen LogP contribution >= 0.6 is 0 Å². The van der Waals surface area contributed by atoms with Crippen molar-refractivity contribution in [2.24, 2.45) is 0 Å². The topological polar surface area (TPSA) is 57.3 Å². The summed E-state index contributed by atoms with van der Waals surface area (Å²) in [6.45, 7) is 4.42. The maximum atomic E-state index is 12.1. The molecule has 1 heterocycles. The van der Waals surface area contributed by atoms with Gasteiger partial charge in [0, 0.05) is 37.6 Å². The molecule has 1 aromatic rings. The third-order valence-corrected chi connectivity index (χ3v) is 4.07. The molecule has 2 N–H and O–H groups in total. The summed E-state index contributed by atoms with van der Waals surface area (Å²) in [5.41, 5.74) is 1.40. The first-order chi connectivity index (χ1) is 10.2. The van der Waals surface area contributed by atoms with Crippen molar-refractivity contribution in [1.29, 1.82) is 0 Å². The molecule has 21 heavy (non-hydrogen) atoms. The molecular weight excluding hydrogens is 264 g/mol. The first-order valence-electron chi connectivity index (χ1n) is 7.89. The van der Waals surface area contributed by atoms with Gasteiger partial charge in [-0.25, -0.2) is 0 Å². The molecular formula is C16H26N4O. The minimum absolute atomic E-state index is 0.102. The fourth-order valence-electron chi connectivity index (χ4n) is 2.83. The molecule has 1 aliphatic carbocycles. The normalized spacial score (nSPS) is 15.4. The number of pyridine rings is 1. The zero-order chi connectivity index (χ0) is 15.1. The molecule has 0 aliphatic heterocycles. The quantitative estimate of drug-likeness (QED) is 0.807. The standard InChI is InChI=1S/C16H26N4O/c1-3-17-13-8-9-18-15(12-13)16(21)19-10-11-20(2)14-6-4-5-7-14/h8-9,12,14H,3-7,10-11H2,1-2H3,(H,17,18)(H,19,21). The number of aromatic nitrogens is 1. The van der Waals surface area contributed by atoms with E-state index in [1.54, 1.807) is 12.3 Å². The molecule has 0 unspecified atom stereocenters. The Morgan fingerprint density at radius 3 is 2.90 bits per heavy atom. The average molecular weight is 290 g/mol. The van der Waals surface area contributed by atoms with Gasteiger partial charge in [0.05, 0.1) is 0 Å². The Morgan fingerprint density at radius 2 is 2.19 bits per heavy atom. The summed E-state index contributed by atoms with van der Waals surface area (Å²) in [4.78, 5) is 18.6. The fraction of sp³-hybridized carbons (Fsp3) is 0.625. The number of likely N-dealkylation sites (N-methyl/N-ethyl adjacent to an activating group) is 1. The number of anilines is 1. The summed E-state index contributed by atoms with van der Waals surface area (Å²) in [6.07, 6.45) is 6.91. The summed E-state index contributed by atoms with van der Waals surface area (Å²) in [5, 5.41) is 6.14. The van der Waals surface area contributed by atoms with Crippen LogP contribution in [0.5, 0.6) is 0 Å². The highest BCUT2D eigenvalue weighted by Gasteiger charge is 2.19. The molecule has 0 saturated heterocycles. The Hall–Kier alpha value is -1.62. The lowest BCUT2D eigenvalue weighted by atomic mass is 10.2. The largest absolute Gasteiger partial charge is 0.385 e. The SMILES string of the molecule is CCNc1ccnc(C(=O)NCCN(C)C2CCCC2)c1. The van der Waals surface area contributed by atoms with E-state index in [2.05, 4.69) is 27.6 Å². The summed E-state index contributed by atoms with van der Waals surface area (Å²) < 4.78 is 0. The van der Waals surface area contributed by atoms with Gasteiger partial charge in [0.15, 0.2) is 0 Å². The molecule has 5 heteroatoms. The van der Waals surface area contributed by atoms with Gasteiger partial charge in [-0.05, 0) is 38.9 Å². The molecule has 2 rings (SSSR count). The zero-order valence-corrected chi connectivity index (χ0v) is 13.1. The summed E-state index contributed by atoms with van der Waals surface area (Å²) in [7, 11) is 2.15. The molecule has 0 aromatic carbocycles. The number of hydrogen-bond donors (Lipinski definition) is 2. The molecule has 116 valence electrons.